The van der Waals surface area contributed by atoms with Gasteiger partial charge < -0.3 is 14.2 Å². The third-order valence-electron chi connectivity index (χ3n) is 5.18. The van der Waals surface area contributed by atoms with Crippen LogP contribution in [0.15, 0.2) is 28.8 Å². The van der Waals surface area contributed by atoms with Crippen LogP contribution < -0.4 is 4.90 Å². The van der Waals surface area contributed by atoms with Crippen molar-refractivity contribution in [2.75, 3.05) is 38.2 Å². The van der Waals surface area contributed by atoms with E-state index in [2.05, 4.69) is 52.0 Å². The zero-order valence-corrected chi connectivity index (χ0v) is 16.1. The molecule has 1 saturated heterocycles. The number of benzene rings is 1. The highest BCUT2D eigenvalue weighted by molar-refractivity contribution is 5.93. The van der Waals surface area contributed by atoms with Crippen molar-refractivity contribution in [3.63, 3.8) is 0 Å². The maximum absolute atomic E-state index is 5.32. The molecule has 0 N–H and O–H groups in total. The molecule has 7 nitrogen and oxygen atoms in total. The Labute approximate surface area is 158 Å². The van der Waals surface area contributed by atoms with Gasteiger partial charge in [0.05, 0.1) is 17.7 Å². The number of fused-ring (bicyclic) bond motifs is 1. The fourth-order valence-electron chi connectivity index (χ4n) is 3.68. The summed E-state index contributed by atoms with van der Waals surface area (Å²) in [5.74, 6) is 1.25. The van der Waals surface area contributed by atoms with Gasteiger partial charge in [0.25, 0.3) is 0 Å². The van der Waals surface area contributed by atoms with E-state index < -0.39 is 0 Å². The van der Waals surface area contributed by atoms with Crippen molar-refractivity contribution in [1.82, 2.24) is 20.0 Å². The summed E-state index contributed by atoms with van der Waals surface area (Å²) >= 11 is 0. The third-order valence-corrected chi connectivity index (χ3v) is 5.18. The molecular weight excluding hydrogens is 342 g/mol. The lowest BCUT2D eigenvalue weighted by atomic mass is 10.1. The van der Waals surface area contributed by atoms with Crippen molar-refractivity contribution in [2.24, 2.45) is 0 Å². The Balaban J connectivity index is 1.48. The monoisotopic (exact) mass is 367 g/mol. The molecule has 0 atom stereocenters. The second-order valence-electron chi connectivity index (χ2n) is 6.99. The van der Waals surface area contributed by atoms with Crippen molar-refractivity contribution in [2.45, 2.75) is 27.0 Å². The SMILES string of the molecule is COCc1noc(CN2CCN(c3c(C)c(C)nc4ccccc34)CC2)n1. The van der Waals surface area contributed by atoms with Crippen molar-refractivity contribution in [1.29, 1.82) is 0 Å². The molecule has 0 aliphatic carbocycles. The van der Waals surface area contributed by atoms with Gasteiger partial charge in [-0.1, -0.05) is 23.4 Å². The maximum Gasteiger partial charge on any atom is 0.240 e. The van der Waals surface area contributed by atoms with Crippen LogP contribution in [0.1, 0.15) is 23.0 Å². The smallest absolute Gasteiger partial charge is 0.240 e. The zero-order chi connectivity index (χ0) is 18.8. The molecular formula is C20H25N5O2. The van der Waals surface area contributed by atoms with Crippen LogP contribution in [-0.4, -0.2) is 53.3 Å². The quantitative estimate of drug-likeness (QED) is 0.687. The van der Waals surface area contributed by atoms with E-state index in [1.54, 1.807) is 7.11 Å². The van der Waals surface area contributed by atoms with Crippen LogP contribution in [0.25, 0.3) is 10.9 Å². The first-order valence-corrected chi connectivity index (χ1v) is 9.29. The van der Waals surface area contributed by atoms with Gasteiger partial charge in [0.2, 0.25) is 5.89 Å². The summed E-state index contributed by atoms with van der Waals surface area (Å²) in [4.78, 5) is 13.9. The predicted molar refractivity (Wildman–Crippen MR) is 104 cm³/mol. The number of methoxy groups -OCH3 is 1. The topological polar surface area (TPSA) is 67.5 Å². The molecule has 7 heteroatoms. The molecule has 0 saturated carbocycles. The Morgan fingerprint density at radius 2 is 1.85 bits per heavy atom. The number of piperazine rings is 1. The van der Waals surface area contributed by atoms with Crippen LogP contribution in [0.5, 0.6) is 0 Å². The number of hydrogen-bond acceptors (Lipinski definition) is 7. The normalized spacial score (nSPS) is 15.6. The molecule has 0 bridgehead atoms. The molecule has 1 aliphatic rings. The summed E-state index contributed by atoms with van der Waals surface area (Å²) in [6.45, 7) is 9.17. The van der Waals surface area contributed by atoms with Crippen molar-refractivity contribution < 1.29 is 9.26 Å². The lowest BCUT2D eigenvalue weighted by Gasteiger charge is -2.37. The fraction of sp³-hybridized carbons (Fsp3) is 0.450. The van der Waals surface area contributed by atoms with Gasteiger partial charge in [-0.25, -0.2) is 0 Å². The number of anilines is 1. The molecule has 1 fully saturated rings. The second-order valence-corrected chi connectivity index (χ2v) is 6.99. The Kier molecular flexibility index (Phi) is 5.05. The molecule has 3 heterocycles. The van der Waals surface area contributed by atoms with E-state index in [0.29, 0.717) is 24.9 Å². The van der Waals surface area contributed by atoms with Crippen molar-refractivity contribution in [3.8, 4) is 0 Å². The lowest BCUT2D eigenvalue weighted by Crippen LogP contribution is -2.46. The van der Waals surface area contributed by atoms with Gasteiger partial charge in [0.15, 0.2) is 5.82 Å². The average Bonchev–Trinajstić information content (AvgIpc) is 3.11. The minimum Gasteiger partial charge on any atom is -0.377 e. The predicted octanol–water partition coefficient (Wildman–Crippen LogP) is 2.70. The van der Waals surface area contributed by atoms with Crippen molar-refractivity contribution in [3.05, 3.63) is 47.2 Å². The van der Waals surface area contributed by atoms with Gasteiger partial charge >= 0.3 is 0 Å². The Morgan fingerprint density at radius 3 is 2.63 bits per heavy atom. The number of para-hydroxylation sites is 1. The lowest BCUT2D eigenvalue weighted by molar-refractivity contribution is 0.174. The van der Waals surface area contributed by atoms with Gasteiger partial charge in [0.1, 0.15) is 6.61 Å². The average molecular weight is 367 g/mol. The van der Waals surface area contributed by atoms with Gasteiger partial charge in [-0.05, 0) is 25.5 Å². The molecule has 2 aromatic heterocycles. The Morgan fingerprint density at radius 1 is 1.07 bits per heavy atom. The standard InChI is InChI=1S/C20H25N5O2/c1-14-15(2)21-17-7-5-4-6-16(17)20(14)25-10-8-24(9-11-25)12-19-22-18(13-26-3)23-27-19/h4-7H,8-13H2,1-3H3. The van der Waals surface area contributed by atoms with E-state index >= 15 is 0 Å². The third kappa shape index (κ3) is 3.65. The van der Waals surface area contributed by atoms with Gasteiger partial charge in [-0.2, -0.15) is 4.98 Å². The molecule has 0 spiro atoms. The first-order chi connectivity index (χ1) is 13.2. The largest absolute Gasteiger partial charge is 0.377 e. The maximum atomic E-state index is 5.32. The summed E-state index contributed by atoms with van der Waals surface area (Å²) < 4.78 is 10.4. The molecule has 1 aromatic carbocycles. The second kappa shape index (κ2) is 7.62. The molecule has 0 radical (unpaired) electrons. The summed E-state index contributed by atoms with van der Waals surface area (Å²) in [7, 11) is 1.63. The van der Waals surface area contributed by atoms with Gasteiger partial charge in [0, 0.05) is 44.4 Å². The van der Waals surface area contributed by atoms with E-state index in [0.717, 1.165) is 37.4 Å². The molecule has 3 aromatic rings. The summed E-state index contributed by atoms with van der Waals surface area (Å²) in [6.07, 6.45) is 0. The van der Waals surface area contributed by atoms with Crippen LogP contribution in [0.4, 0.5) is 5.69 Å². The molecule has 27 heavy (non-hydrogen) atoms. The molecule has 0 amide bonds. The number of aromatic nitrogens is 3. The number of rotatable bonds is 5. The van der Waals surface area contributed by atoms with Crippen LogP contribution in [0, 0.1) is 13.8 Å². The molecule has 4 rings (SSSR count). The molecule has 1 aliphatic heterocycles. The van der Waals surface area contributed by atoms with Crippen molar-refractivity contribution >= 4 is 16.6 Å². The number of nitrogens with zero attached hydrogens (tertiary/aromatic N) is 5. The minimum absolute atomic E-state index is 0.380. The highest BCUT2D eigenvalue weighted by atomic mass is 16.5. The van der Waals surface area contributed by atoms with Crippen LogP contribution in [0.2, 0.25) is 0 Å². The fourth-order valence-corrected chi connectivity index (χ4v) is 3.68. The van der Waals surface area contributed by atoms with E-state index in [1.165, 1.54) is 16.6 Å². The number of ether oxygens (including phenoxy) is 1. The Hall–Kier alpha value is -2.51. The first-order valence-electron chi connectivity index (χ1n) is 9.29. The van der Waals surface area contributed by atoms with E-state index in [1.807, 2.05) is 6.07 Å². The molecule has 0 unspecified atom stereocenters. The van der Waals surface area contributed by atoms with E-state index in [9.17, 15) is 0 Å². The van der Waals surface area contributed by atoms with Crippen LogP contribution >= 0.6 is 0 Å². The van der Waals surface area contributed by atoms with E-state index in [-0.39, 0.29) is 0 Å². The van der Waals surface area contributed by atoms with Gasteiger partial charge in [-0.15, -0.1) is 0 Å². The summed E-state index contributed by atoms with van der Waals surface area (Å²) in [6, 6.07) is 8.40. The Bertz CT molecular complexity index is 931. The molecule has 142 valence electrons. The summed E-state index contributed by atoms with van der Waals surface area (Å²) in [5, 5.41) is 5.17. The first kappa shape index (κ1) is 17.9. The van der Waals surface area contributed by atoms with Gasteiger partial charge in [-0.3, -0.25) is 9.88 Å². The summed E-state index contributed by atoms with van der Waals surface area (Å²) in [5.41, 5.74) is 4.75. The highest BCUT2D eigenvalue weighted by Crippen LogP contribution is 2.31. The minimum atomic E-state index is 0.380. The number of aryl methyl sites for hydroxylation is 1. The number of hydrogen-bond donors (Lipinski definition) is 0. The van der Waals surface area contributed by atoms with Crippen LogP contribution in [-0.2, 0) is 17.9 Å². The highest BCUT2D eigenvalue weighted by Gasteiger charge is 2.22. The van der Waals surface area contributed by atoms with E-state index in [4.69, 9.17) is 14.2 Å². The van der Waals surface area contributed by atoms with Crippen LogP contribution in [0.3, 0.4) is 0 Å². The zero-order valence-electron chi connectivity index (χ0n) is 16.1. The number of pyridine rings is 1.